The molecule has 1 N–H and O–H groups in total. The second-order valence-electron chi connectivity index (χ2n) is 4.50. The van der Waals surface area contributed by atoms with Crippen LogP contribution in [-0.4, -0.2) is 49.2 Å². The molecule has 0 spiro atoms. The maximum Gasteiger partial charge on any atom is 0.335 e. The van der Waals surface area contributed by atoms with Gasteiger partial charge in [0.15, 0.2) is 0 Å². The van der Waals surface area contributed by atoms with Crippen LogP contribution in [0.1, 0.15) is 16.8 Å². The van der Waals surface area contributed by atoms with Crippen LogP contribution in [0, 0.1) is 0 Å². The summed E-state index contributed by atoms with van der Waals surface area (Å²) in [7, 11) is 2.14. The van der Waals surface area contributed by atoms with Gasteiger partial charge in [0.1, 0.15) is 0 Å². The van der Waals surface area contributed by atoms with Gasteiger partial charge in [-0.3, -0.25) is 0 Å². The van der Waals surface area contributed by atoms with Crippen molar-refractivity contribution in [2.45, 2.75) is 6.42 Å². The zero-order chi connectivity index (χ0) is 12.3. The molecule has 1 aliphatic heterocycles. The van der Waals surface area contributed by atoms with E-state index in [2.05, 4.69) is 16.8 Å². The fraction of sp³-hybridized carbons (Fsp3) is 0.462. The van der Waals surface area contributed by atoms with Crippen molar-refractivity contribution >= 4 is 24.1 Å². The first kappa shape index (κ1) is 14.8. The molecule has 1 aliphatic rings. The van der Waals surface area contributed by atoms with E-state index in [1.807, 2.05) is 12.1 Å². The number of anilines is 1. The van der Waals surface area contributed by atoms with Gasteiger partial charge in [0.05, 0.1) is 5.56 Å². The van der Waals surface area contributed by atoms with Gasteiger partial charge in [0.2, 0.25) is 0 Å². The summed E-state index contributed by atoms with van der Waals surface area (Å²) in [6, 6.07) is 7.14. The first-order chi connectivity index (χ1) is 8.16. The summed E-state index contributed by atoms with van der Waals surface area (Å²) in [5, 5.41) is 8.85. The van der Waals surface area contributed by atoms with Crippen molar-refractivity contribution in [2.24, 2.45) is 0 Å². The maximum absolute atomic E-state index is 10.8. The first-order valence-corrected chi connectivity index (χ1v) is 5.93. The van der Waals surface area contributed by atoms with Crippen LogP contribution in [0.4, 0.5) is 5.69 Å². The highest BCUT2D eigenvalue weighted by molar-refractivity contribution is 5.88. The van der Waals surface area contributed by atoms with Gasteiger partial charge < -0.3 is 14.9 Å². The SMILES string of the molecule is CN1CCCN(c2ccc(C(=O)O)cc2)CC1.Cl. The number of benzene rings is 1. The highest BCUT2D eigenvalue weighted by Crippen LogP contribution is 2.17. The number of nitrogens with zero attached hydrogens (tertiary/aromatic N) is 2. The Balaban J connectivity index is 0.00000162. The molecule has 0 unspecified atom stereocenters. The summed E-state index contributed by atoms with van der Waals surface area (Å²) < 4.78 is 0. The number of likely N-dealkylation sites (N-methyl/N-ethyl adjacent to an activating group) is 1. The molecule has 0 saturated carbocycles. The molecule has 0 aromatic heterocycles. The van der Waals surface area contributed by atoms with Crippen molar-refractivity contribution in [1.82, 2.24) is 4.90 Å². The van der Waals surface area contributed by atoms with Crippen molar-refractivity contribution in [1.29, 1.82) is 0 Å². The molecular weight excluding hydrogens is 252 g/mol. The van der Waals surface area contributed by atoms with Crippen LogP contribution in [0.3, 0.4) is 0 Å². The number of carboxylic acid groups (broad SMARTS) is 1. The number of aromatic carboxylic acids is 1. The third kappa shape index (κ3) is 3.62. The van der Waals surface area contributed by atoms with Crippen LogP contribution in [0.25, 0.3) is 0 Å². The van der Waals surface area contributed by atoms with Gasteiger partial charge in [-0.25, -0.2) is 4.79 Å². The largest absolute Gasteiger partial charge is 0.478 e. The predicted octanol–water partition coefficient (Wildman–Crippen LogP) is 1.95. The minimum absolute atomic E-state index is 0. The lowest BCUT2D eigenvalue weighted by molar-refractivity contribution is 0.0697. The Kier molecular flexibility index (Phi) is 5.44. The lowest BCUT2D eigenvalue weighted by atomic mass is 10.2. The Morgan fingerprint density at radius 1 is 1.11 bits per heavy atom. The molecule has 18 heavy (non-hydrogen) atoms. The highest BCUT2D eigenvalue weighted by Gasteiger charge is 2.12. The topological polar surface area (TPSA) is 43.8 Å². The maximum atomic E-state index is 10.8. The molecule has 1 fully saturated rings. The van der Waals surface area contributed by atoms with Crippen molar-refractivity contribution in [2.75, 3.05) is 38.1 Å². The van der Waals surface area contributed by atoms with Gasteiger partial charge in [-0.2, -0.15) is 0 Å². The van der Waals surface area contributed by atoms with E-state index in [1.165, 1.54) is 0 Å². The molecule has 1 aromatic rings. The highest BCUT2D eigenvalue weighted by atomic mass is 35.5. The molecule has 1 heterocycles. The molecule has 0 atom stereocenters. The first-order valence-electron chi connectivity index (χ1n) is 5.93. The Hall–Kier alpha value is -1.26. The van der Waals surface area contributed by atoms with Crippen LogP contribution in [0.2, 0.25) is 0 Å². The van der Waals surface area contributed by atoms with E-state index >= 15 is 0 Å². The zero-order valence-electron chi connectivity index (χ0n) is 10.5. The van der Waals surface area contributed by atoms with Gasteiger partial charge in [0.25, 0.3) is 0 Å². The predicted molar refractivity (Wildman–Crippen MR) is 75.0 cm³/mol. The van der Waals surface area contributed by atoms with E-state index in [4.69, 9.17) is 5.11 Å². The van der Waals surface area contributed by atoms with E-state index in [0.717, 1.165) is 38.3 Å². The molecule has 2 rings (SSSR count). The molecule has 0 radical (unpaired) electrons. The summed E-state index contributed by atoms with van der Waals surface area (Å²) in [4.78, 5) is 15.4. The Labute approximate surface area is 114 Å². The van der Waals surface area contributed by atoms with E-state index < -0.39 is 5.97 Å². The van der Waals surface area contributed by atoms with Crippen molar-refractivity contribution < 1.29 is 9.90 Å². The minimum Gasteiger partial charge on any atom is -0.478 e. The number of hydrogen-bond donors (Lipinski definition) is 1. The summed E-state index contributed by atoms with van der Waals surface area (Å²) >= 11 is 0. The average Bonchev–Trinajstić information content (AvgIpc) is 2.54. The second-order valence-corrected chi connectivity index (χ2v) is 4.50. The molecule has 5 heteroatoms. The van der Waals surface area contributed by atoms with Crippen LogP contribution >= 0.6 is 12.4 Å². The summed E-state index contributed by atoms with van der Waals surface area (Å²) in [5.41, 5.74) is 1.46. The number of carbonyl (C=O) groups is 1. The quantitative estimate of drug-likeness (QED) is 0.892. The molecular formula is C13H19ClN2O2. The lowest BCUT2D eigenvalue weighted by Crippen LogP contribution is -2.28. The van der Waals surface area contributed by atoms with Crippen molar-refractivity contribution in [3.05, 3.63) is 29.8 Å². The van der Waals surface area contributed by atoms with Crippen molar-refractivity contribution in [3.8, 4) is 0 Å². The van der Waals surface area contributed by atoms with E-state index in [9.17, 15) is 4.79 Å². The fourth-order valence-corrected chi connectivity index (χ4v) is 2.12. The Morgan fingerprint density at radius 3 is 2.39 bits per heavy atom. The van der Waals surface area contributed by atoms with Gasteiger partial charge in [0, 0.05) is 25.3 Å². The van der Waals surface area contributed by atoms with E-state index in [-0.39, 0.29) is 12.4 Å². The van der Waals surface area contributed by atoms with Gasteiger partial charge in [-0.15, -0.1) is 12.4 Å². The van der Waals surface area contributed by atoms with Crippen LogP contribution in [0.5, 0.6) is 0 Å². The standard InChI is InChI=1S/C13H18N2O2.ClH/c1-14-7-2-8-15(10-9-14)12-5-3-11(4-6-12)13(16)17;/h3-6H,2,7-10H2,1H3,(H,16,17);1H. The van der Waals surface area contributed by atoms with Crippen LogP contribution in [0.15, 0.2) is 24.3 Å². The zero-order valence-corrected chi connectivity index (χ0v) is 11.3. The number of rotatable bonds is 2. The molecule has 4 nitrogen and oxygen atoms in total. The number of halogens is 1. The van der Waals surface area contributed by atoms with Crippen LogP contribution < -0.4 is 4.90 Å². The van der Waals surface area contributed by atoms with E-state index in [1.54, 1.807) is 12.1 Å². The Morgan fingerprint density at radius 2 is 1.78 bits per heavy atom. The third-order valence-electron chi connectivity index (χ3n) is 3.20. The smallest absolute Gasteiger partial charge is 0.335 e. The van der Waals surface area contributed by atoms with Crippen molar-refractivity contribution in [3.63, 3.8) is 0 Å². The fourth-order valence-electron chi connectivity index (χ4n) is 2.12. The van der Waals surface area contributed by atoms with Gasteiger partial charge in [-0.1, -0.05) is 0 Å². The third-order valence-corrected chi connectivity index (χ3v) is 3.20. The van der Waals surface area contributed by atoms with Crippen LogP contribution in [-0.2, 0) is 0 Å². The molecule has 1 aromatic carbocycles. The number of hydrogen-bond acceptors (Lipinski definition) is 3. The molecule has 0 aliphatic carbocycles. The normalized spacial score (nSPS) is 16.8. The number of carboxylic acids is 1. The Bertz CT molecular complexity index is 394. The minimum atomic E-state index is -0.868. The van der Waals surface area contributed by atoms with Gasteiger partial charge >= 0.3 is 5.97 Å². The summed E-state index contributed by atoms with van der Waals surface area (Å²) in [6.45, 7) is 4.23. The summed E-state index contributed by atoms with van der Waals surface area (Å²) in [5.74, 6) is -0.868. The molecule has 1 saturated heterocycles. The molecule has 0 amide bonds. The van der Waals surface area contributed by atoms with Gasteiger partial charge in [-0.05, 0) is 44.3 Å². The van der Waals surface area contributed by atoms with E-state index in [0.29, 0.717) is 5.56 Å². The average molecular weight is 271 g/mol. The molecule has 100 valence electrons. The summed E-state index contributed by atoms with van der Waals surface area (Å²) in [6.07, 6.45) is 1.15. The monoisotopic (exact) mass is 270 g/mol. The molecule has 0 bridgehead atoms. The second kappa shape index (κ2) is 6.61. The lowest BCUT2D eigenvalue weighted by Gasteiger charge is -2.22.